The van der Waals surface area contributed by atoms with E-state index in [4.69, 9.17) is 0 Å². The second kappa shape index (κ2) is 3.97. The van der Waals surface area contributed by atoms with Gasteiger partial charge in [-0.2, -0.15) is 0 Å². The van der Waals surface area contributed by atoms with E-state index in [0.29, 0.717) is 0 Å². The van der Waals surface area contributed by atoms with Gasteiger partial charge < -0.3 is 5.11 Å². The monoisotopic (exact) mass is 241 g/mol. The van der Waals surface area contributed by atoms with Gasteiger partial charge in [0.2, 0.25) is 10.0 Å². The van der Waals surface area contributed by atoms with Gasteiger partial charge in [-0.15, -0.1) is 0 Å². The zero-order valence-corrected chi connectivity index (χ0v) is 9.92. The molecule has 0 amide bonds. The summed E-state index contributed by atoms with van der Waals surface area (Å²) in [6.45, 7) is 0. The van der Waals surface area contributed by atoms with Crippen molar-refractivity contribution < 1.29 is 13.5 Å². The predicted molar refractivity (Wildman–Crippen MR) is 63.0 cm³/mol. The summed E-state index contributed by atoms with van der Waals surface area (Å²) >= 11 is 0. The predicted octanol–water partition coefficient (Wildman–Crippen LogP) is 1.72. The molecule has 0 aromatic heterocycles. The maximum atomic E-state index is 11.0. The molecule has 16 heavy (non-hydrogen) atoms. The van der Waals surface area contributed by atoms with E-state index in [1.54, 1.807) is 12.1 Å². The molecule has 5 heteroatoms. The van der Waals surface area contributed by atoms with Crippen molar-refractivity contribution in [3.63, 3.8) is 0 Å². The average molecular weight is 241 g/mol. The number of phenols is 1. The van der Waals surface area contributed by atoms with E-state index in [0.717, 1.165) is 24.2 Å². The third-order valence-corrected chi connectivity index (χ3v) is 3.17. The van der Waals surface area contributed by atoms with Gasteiger partial charge in [0.05, 0.1) is 11.9 Å². The Hall–Kier alpha value is -1.23. The minimum Gasteiger partial charge on any atom is -0.506 e. The van der Waals surface area contributed by atoms with Crippen LogP contribution in [-0.2, 0) is 16.4 Å². The maximum absolute atomic E-state index is 11.0. The van der Waals surface area contributed by atoms with Gasteiger partial charge in [-0.25, -0.2) is 8.42 Å². The molecule has 1 aromatic rings. The summed E-state index contributed by atoms with van der Waals surface area (Å²) in [4.78, 5) is 0. The molecular weight excluding hydrogens is 226 g/mol. The lowest BCUT2D eigenvalue weighted by Crippen LogP contribution is -2.09. The van der Waals surface area contributed by atoms with Crippen LogP contribution in [-0.4, -0.2) is 19.8 Å². The normalized spacial score (nSPS) is 16.1. The zero-order valence-electron chi connectivity index (χ0n) is 9.10. The summed E-state index contributed by atoms with van der Waals surface area (Å²) in [6, 6.07) is 5.09. The molecule has 0 aliphatic heterocycles. The highest BCUT2D eigenvalue weighted by Gasteiger charge is 2.21. The second-order valence-corrected chi connectivity index (χ2v) is 6.12. The number of hydrogen-bond acceptors (Lipinski definition) is 3. The Morgan fingerprint density at radius 3 is 2.62 bits per heavy atom. The molecule has 0 heterocycles. The van der Waals surface area contributed by atoms with Crippen molar-refractivity contribution in [3.05, 3.63) is 23.8 Å². The lowest BCUT2D eigenvalue weighted by molar-refractivity contribution is 0.476. The Bertz CT molecular complexity index is 492. The first kappa shape index (κ1) is 11.3. The van der Waals surface area contributed by atoms with Crippen molar-refractivity contribution in [3.8, 4) is 5.75 Å². The quantitative estimate of drug-likeness (QED) is 0.789. The van der Waals surface area contributed by atoms with Crippen LogP contribution in [0.2, 0.25) is 0 Å². The molecule has 1 aliphatic carbocycles. The number of nitrogens with one attached hydrogen (secondary N) is 1. The van der Waals surface area contributed by atoms with Crippen LogP contribution in [0, 0.1) is 5.92 Å². The Morgan fingerprint density at radius 1 is 1.44 bits per heavy atom. The van der Waals surface area contributed by atoms with E-state index in [-0.39, 0.29) is 11.4 Å². The molecule has 0 radical (unpaired) electrons. The van der Waals surface area contributed by atoms with Crippen LogP contribution in [0.5, 0.6) is 5.75 Å². The minimum absolute atomic E-state index is 0.0106. The van der Waals surface area contributed by atoms with Crippen LogP contribution in [0.4, 0.5) is 5.69 Å². The highest BCUT2D eigenvalue weighted by Crippen LogP contribution is 2.34. The van der Waals surface area contributed by atoms with Crippen molar-refractivity contribution in [2.45, 2.75) is 19.3 Å². The van der Waals surface area contributed by atoms with E-state index >= 15 is 0 Å². The van der Waals surface area contributed by atoms with Gasteiger partial charge in [-0.3, -0.25) is 4.72 Å². The molecule has 0 saturated heterocycles. The standard InChI is InChI=1S/C11H15NO3S/c1-16(14,15)12-10-5-4-9(7-11(10)13)6-8-2-3-8/h4-5,7-8,12-13H,2-3,6H2,1H3. The second-order valence-electron chi connectivity index (χ2n) is 4.37. The van der Waals surface area contributed by atoms with E-state index in [1.807, 2.05) is 6.07 Å². The smallest absolute Gasteiger partial charge is 0.229 e. The molecule has 1 saturated carbocycles. The molecule has 1 fully saturated rings. The first-order chi connectivity index (χ1) is 7.44. The molecular formula is C11H15NO3S. The van der Waals surface area contributed by atoms with Crippen molar-refractivity contribution in [1.82, 2.24) is 0 Å². The Kier molecular flexibility index (Phi) is 2.80. The van der Waals surface area contributed by atoms with Crippen molar-refractivity contribution in [1.29, 1.82) is 0 Å². The summed E-state index contributed by atoms with van der Waals surface area (Å²) in [5, 5.41) is 9.66. The first-order valence-corrected chi connectivity index (χ1v) is 7.13. The molecule has 0 bridgehead atoms. The zero-order chi connectivity index (χ0) is 11.8. The number of hydrogen-bond donors (Lipinski definition) is 2. The molecule has 1 aliphatic rings. The Balaban J connectivity index is 2.15. The Labute approximate surface area is 95.4 Å². The van der Waals surface area contributed by atoms with E-state index in [9.17, 15) is 13.5 Å². The van der Waals surface area contributed by atoms with Crippen molar-refractivity contribution >= 4 is 15.7 Å². The number of phenolic OH excluding ortho intramolecular Hbond substituents is 1. The molecule has 0 atom stereocenters. The maximum Gasteiger partial charge on any atom is 0.229 e. The summed E-state index contributed by atoms with van der Waals surface area (Å²) in [7, 11) is -3.33. The third kappa shape index (κ3) is 3.13. The van der Waals surface area contributed by atoms with E-state index in [2.05, 4.69) is 4.72 Å². The largest absolute Gasteiger partial charge is 0.506 e. The van der Waals surface area contributed by atoms with E-state index < -0.39 is 10.0 Å². The number of sulfonamides is 1. The fourth-order valence-corrected chi connectivity index (χ4v) is 2.22. The minimum atomic E-state index is -3.33. The average Bonchev–Trinajstić information content (AvgIpc) is 2.92. The molecule has 4 nitrogen and oxygen atoms in total. The van der Waals surface area contributed by atoms with Crippen LogP contribution >= 0.6 is 0 Å². The Morgan fingerprint density at radius 2 is 2.12 bits per heavy atom. The fraction of sp³-hybridized carbons (Fsp3) is 0.455. The van der Waals surface area contributed by atoms with E-state index in [1.165, 1.54) is 12.8 Å². The molecule has 0 spiro atoms. The summed E-state index contributed by atoms with van der Waals surface area (Å²) in [6.07, 6.45) is 4.53. The van der Waals surface area contributed by atoms with Crippen LogP contribution in [0.1, 0.15) is 18.4 Å². The van der Waals surface area contributed by atoms with Crippen LogP contribution < -0.4 is 4.72 Å². The van der Waals surface area contributed by atoms with Gasteiger partial charge in [0.1, 0.15) is 5.75 Å². The molecule has 1 aromatic carbocycles. The molecule has 88 valence electrons. The summed E-state index contributed by atoms with van der Waals surface area (Å²) < 4.78 is 24.3. The highest BCUT2D eigenvalue weighted by atomic mass is 32.2. The topological polar surface area (TPSA) is 66.4 Å². The van der Waals surface area contributed by atoms with Gasteiger partial charge >= 0.3 is 0 Å². The SMILES string of the molecule is CS(=O)(=O)Nc1ccc(CC2CC2)cc1O. The number of rotatable bonds is 4. The van der Waals surface area contributed by atoms with Crippen molar-refractivity contribution in [2.24, 2.45) is 5.92 Å². The van der Waals surface area contributed by atoms with Crippen molar-refractivity contribution in [2.75, 3.05) is 11.0 Å². The van der Waals surface area contributed by atoms with Crippen LogP contribution in [0.25, 0.3) is 0 Å². The van der Waals surface area contributed by atoms with Crippen LogP contribution in [0.15, 0.2) is 18.2 Å². The summed E-state index contributed by atoms with van der Waals surface area (Å²) in [5.74, 6) is 0.733. The van der Waals surface area contributed by atoms with Gasteiger partial charge in [-0.05, 0) is 42.9 Å². The van der Waals surface area contributed by atoms with Crippen LogP contribution in [0.3, 0.4) is 0 Å². The van der Waals surface area contributed by atoms with Gasteiger partial charge in [0.15, 0.2) is 0 Å². The molecule has 2 rings (SSSR count). The first-order valence-electron chi connectivity index (χ1n) is 5.24. The lowest BCUT2D eigenvalue weighted by Gasteiger charge is -2.08. The number of anilines is 1. The molecule has 2 N–H and O–H groups in total. The van der Waals surface area contributed by atoms with Gasteiger partial charge in [0, 0.05) is 0 Å². The highest BCUT2D eigenvalue weighted by molar-refractivity contribution is 7.92. The number of aromatic hydroxyl groups is 1. The summed E-state index contributed by atoms with van der Waals surface area (Å²) in [5.41, 5.74) is 1.29. The third-order valence-electron chi connectivity index (χ3n) is 2.58. The fourth-order valence-electron chi connectivity index (χ4n) is 1.65. The lowest BCUT2D eigenvalue weighted by atomic mass is 10.1. The number of benzene rings is 1. The van der Waals surface area contributed by atoms with Gasteiger partial charge in [-0.1, -0.05) is 6.07 Å². The van der Waals surface area contributed by atoms with Gasteiger partial charge in [0.25, 0.3) is 0 Å². The molecule has 0 unspecified atom stereocenters.